The molecule has 0 aliphatic carbocycles. The van der Waals surface area contributed by atoms with Crippen molar-refractivity contribution >= 4 is 23.1 Å². The van der Waals surface area contributed by atoms with Crippen LogP contribution in [0.5, 0.6) is 0 Å². The number of para-hydroxylation sites is 1. The molecule has 1 aromatic heterocycles. The summed E-state index contributed by atoms with van der Waals surface area (Å²) in [7, 11) is 0. The average Bonchev–Trinajstić information content (AvgIpc) is 2.76. The SMILES string of the molecule is Cc1cccc(C)c1NCC(=O)N(CC(C)C)c1c(N)n(Cc2ccccc2)c(=O)[nH]c1=O. The van der Waals surface area contributed by atoms with Crippen molar-refractivity contribution in [3.63, 3.8) is 0 Å². The Bertz CT molecular complexity index is 1220. The first-order chi connectivity index (χ1) is 15.7. The maximum atomic E-state index is 13.3. The average molecular weight is 450 g/mol. The molecule has 0 unspecified atom stereocenters. The van der Waals surface area contributed by atoms with Crippen molar-refractivity contribution in [2.45, 2.75) is 34.2 Å². The Morgan fingerprint density at radius 3 is 2.30 bits per heavy atom. The first-order valence-electron chi connectivity index (χ1n) is 11.0. The molecule has 0 spiro atoms. The molecule has 0 fully saturated rings. The lowest BCUT2D eigenvalue weighted by atomic mass is 10.1. The highest BCUT2D eigenvalue weighted by Crippen LogP contribution is 2.22. The normalized spacial score (nSPS) is 10.9. The third-order valence-corrected chi connectivity index (χ3v) is 5.41. The fraction of sp³-hybridized carbons (Fsp3) is 0.320. The molecule has 3 rings (SSSR count). The lowest BCUT2D eigenvalue weighted by molar-refractivity contribution is -0.117. The second-order valence-corrected chi connectivity index (χ2v) is 8.58. The minimum Gasteiger partial charge on any atom is -0.383 e. The Morgan fingerprint density at radius 2 is 1.70 bits per heavy atom. The van der Waals surface area contributed by atoms with E-state index >= 15 is 0 Å². The summed E-state index contributed by atoms with van der Waals surface area (Å²) >= 11 is 0. The summed E-state index contributed by atoms with van der Waals surface area (Å²) in [6.07, 6.45) is 0. The number of carbonyl (C=O) groups is 1. The number of nitrogens with zero attached hydrogens (tertiary/aromatic N) is 2. The van der Waals surface area contributed by atoms with Crippen LogP contribution in [0.2, 0.25) is 0 Å². The standard InChI is InChI=1S/C25H31N5O3/c1-16(2)14-29(20(31)13-27-21-17(3)9-8-10-18(21)4)22-23(26)30(25(33)28-24(22)32)15-19-11-6-5-7-12-19/h5-12,16,27H,13-15,26H2,1-4H3,(H,28,32,33). The van der Waals surface area contributed by atoms with Crippen LogP contribution in [-0.4, -0.2) is 28.5 Å². The molecule has 0 bridgehead atoms. The van der Waals surface area contributed by atoms with E-state index < -0.39 is 11.2 Å². The maximum absolute atomic E-state index is 13.3. The Kier molecular flexibility index (Phi) is 7.37. The van der Waals surface area contributed by atoms with E-state index in [1.54, 1.807) is 0 Å². The summed E-state index contributed by atoms with van der Waals surface area (Å²) in [6, 6.07) is 15.2. The number of nitrogens with two attached hydrogens (primary N) is 1. The van der Waals surface area contributed by atoms with Crippen LogP contribution in [0.15, 0.2) is 58.1 Å². The smallest absolute Gasteiger partial charge is 0.330 e. The van der Waals surface area contributed by atoms with Crippen LogP contribution in [0.3, 0.4) is 0 Å². The van der Waals surface area contributed by atoms with Gasteiger partial charge in [-0.25, -0.2) is 4.79 Å². The number of aromatic amines is 1. The van der Waals surface area contributed by atoms with Crippen LogP contribution in [-0.2, 0) is 11.3 Å². The van der Waals surface area contributed by atoms with Gasteiger partial charge in [0.1, 0.15) is 5.82 Å². The highest BCUT2D eigenvalue weighted by molar-refractivity contribution is 5.98. The van der Waals surface area contributed by atoms with E-state index in [-0.39, 0.29) is 43.0 Å². The highest BCUT2D eigenvalue weighted by atomic mass is 16.2. The molecule has 3 aromatic rings. The van der Waals surface area contributed by atoms with Gasteiger partial charge in [0.05, 0.1) is 13.1 Å². The van der Waals surface area contributed by atoms with E-state index in [9.17, 15) is 14.4 Å². The molecule has 8 nitrogen and oxygen atoms in total. The molecule has 174 valence electrons. The Morgan fingerprint density at radius 1 is 1.06 bits per heavy atom. The van der Waals surface area contributed by atoms with Gasteiger partial charge in [-0.2, -0.15) is 0 Å². The molecule has 8 heteroatoms. The van der Waals surface area contributed by atoms with Crippen molar-refractivity contribution in [3.05, 3.63) is 86.1 Å². The first-order valence-corrected chi connectivity index (χ1v) is 11.0. The summed E-state index contributed by atoms with van der Waals surface area (Å²) in [4.78, 5) is 42.3. The predicted octanol–water partition coefficient (Wildman–Crippen LogP) is 2.89. The van der Waals surface area contributed by atoms with Gasteiger partial charge < -0.3 is 16.0 Å². The molecule has 0 atom stereocenters. The van der Waals surface area contributed by atoms with Gasteiger partial charge in [-0.15, -0.1) is 0 Å². The topological polar surface area (TPSA) is 113 Å². The summed E-state index contributed by atoms with van der Waals surface area (Å²) in [5.74, 6) is -0.274. The number of H-pyrrole nitrogens is 1. The molecule has 33 heavy (non-hydrogen) atoms. The molecular formula is C25H31N5O3. The fourth-order valence-electron chi connectivity index (χ4n) is 3.80. The second kappa shape index (κ2) is 10.2. The number of aromatic nitrogens is 2. The minimum atomic E-state index is -0.678. The van der Waals surface area contributed by atoms with Crippen LogP contribution in [0.25, 0.3) is 0 Å². The molecule has 0 aliphatic heterocycles. The lowest BCUT2D eigenvalue weighted by Crippen LogP contribution is -2.44. The molecule has 1 amide bonds. The van der Waals surface area contributed by atoms with E-state index in [1.807, 2.05) is 76.2 Å². The number of nitrogen functional groups attached to an aromatic ring is 1. The van der Waals surface area contributed by atoms with E-state index in [4.69, 9.17) is 5.73 Å². The number of hydrogen-bond donors (Lipinski definition) is 3. The summed E-state index contributed by atoms with van der Waals surface area (Å²) in [5.41, 5.74) is 8.80. The zero-order valence-electron chi connectivity index (χ0n) is 19.5. The molecular weight excluding hydrogens is 418 g/mol. The number of nitrogens with one attached hydrogen (secondary N) is 2. The van der Waals surface area contributed by atoms with Crippen molar-refractivity contribution in [3.8, 4) is 0 Å². The van der Waals surface area contributed by atoms with E-state index in [0.29, 0.717) is 0 Å². The zero-order valence-corrected chi connectivity index (χ0v) is 19.5. The number of benzene rings is 2. The largest absolute Gasteiger partial charge is 0.383 e. The van der Waals surface area contributed by atoms with Crippen LogP contribution in [0, 0.1) is 19.8 Å². The number of amides is 1. The van der Waals surface area contributed by atoms with E-state index in [1.165, 1.54) is 9.47 Å². The third kappa shape index (κ3) is 5.52. The van der Waals surface area contributed by atoms with Gasteiger partial charge >= 0.3 is 5.69 Å². The van der Waals surface area contributed by atoms with Gasteiger partial charge in [0, 0.05) is 12.2 Å². The summed E-state index contributed by atoms with van der Waals surface area (Å²) in [6.45, 7) is 8.27. The molecule has 0 aliphatic rings. The van der Waals surface area contributed by atoms with Gasteiger partial charge in [0.15, 0.2) is 5.69 Å². The van der Waals surface area contributed by atoms with Crippen molar-refractivity contribution in [2.75, 3.05) is 29.0 Å². The van der Waals surface area contributed by atoms with Gasteiger partial charge in [-0.3, -0.25) is 19.1 Å². The quantitative estimate of drug-likeness (QED) is 0.489. The lowest BCUT2D eigenvalue weighted by Gasteiger charge is -2.26. The van der Waals surface area contributed by atoms with Crippen LogP contribution in [0.1, 0.15) is 30.5 Å². The third-order valence-electron chi connectivity index (χ3n) is 5.41. The zero-order chi connectivity index (χ0) is 24.1. The maximum Gasteiger partial charge on any atom is 0.330 e. The number of rotatable bonds is 8. The molecule has 0 saturated carbocycles. The monoisotopic (exact) mass is 449 g/mol. The van der Waals surface area contributed by atoms with Gasteiger partial charge in [-0.1, -0.05) is 62.4 Å². The number of aryl methyl sites for hydroxylation is 2. The van der Waals surface area contributed by atoms with Crippen molar-refractivity contribution < 1.29 is 4.79 Å². The highest BCUT2D eigenvalue weighted by Gasteiger charge is 2.25. The van der Waals surface area contributed by atoms with Gasteiger partial charge in [0.2, 0.25) is 5.91 Å². The van der Waals surface area contributed by atoms with Crippen molar-refractivity contribution in [1.29, 1.82) is 0 Å². The fourth-order valence-corrected chi connectivity index (χ4v) is 3.80. The molecule has 0 radical (unpaired) electrons. The van der Waals surface area contributed by atoms with E-state index in [2.05, 4.69) is 10.3 Å². The Hall–Kier alpha value is -3.81. The molecule has 0 saturated heterocycles. The van der Waals surface area contributed by atoms with Gasteiger partial charge in [-0.05, 0) is 36.5 Å². The number of anilines is 3. The second-order valence-electron chi connectivity index (χ2n) is 8.58. The number of hydrogen-bond acceptors (Lipinski definition) is 5. The predicted molar refractivity (Wildman–Crippen MR) is 133 cm³/mol. The molecule has 1 heterocycles. The van der Waals surface area contributed by atoms with Crippen molar-refractivity contribution in [1.82, 2.24) is 9.55 Å². The van der Waals surface area contributed by atoms with Crippen LogP contribution >= 0.6 is 0 Å². The molecule has 4 N–H and O–H groups in total. The Labute approximate surface area is 193 Å². The number of carbonyl (C=O) groups excluding carboxylic acids is 1. The van der Waals surface area contributed by atoms with Crippen LogP contribution in [0.4, 0.5) is 17.2 Å². The molecule has 2 aromatic carbocycles. The van der Waals surface area contributed by atoms with Crippen molar-refractivity contribution in [2.24, 2.45) is 5.92 Å². The van der Waals surface area contributed by atoms with Crippen LogP contribution < -0.4 is 27.2 Å². The summed E-state index contributed by atoms with van der Waals surface area (Å²) < 4.78 is 1.28. The van der Waals surface area contributed by atoms with Gasteiger partial charge in [0.25, 0.3) is 5.56 Å². The summed E-state index contributed by atoms with van der Waals surface area (Å²) in [5, 5.41) is 3.20. The first kappa shape index (κ1) is 23.8. The minimum absolute atomic E-state index is 0.00691. The van der Waals surface area contributed by atoms with E-state index in [0.717, 1.165) is 22.4 Å². The Balaban J connectivity index is 1.98.